The minimum atomic E-state index is -4.50. The van der Waals surface area contributed by atoms with E-state index in [1.54, 1.807) is 4.72 Å². The summed E-state index contributed by atoms with van der Waals surface area (Å²) in [4.78, 5) is 0. The summed E-state index contributed by atoms with van der Waals surface area (Å²) in [6, 6.07) is 0. The second-order valence-corrected chi connectivity index (χ2v) is 6.72. The van der Waals surface area contributed by atoms with Crippen LogP contribution >= 0.6 is 0 Å². The van der Waals surface area contributed by atoms with Crippen LogP contribution in [0, 0.1) is 0 Å². The Morgan fingerprint density at radius 3 is 2.22 bits per heavy atom. The molecule has 0 aliphatic carbocycles. The van der Waals surface area contributed by atoms with Gasteiger partial charge < -0.3 is 4.48 Å². The lowest BCUT2D eigenvalue weighted by molar-refractivity contribution is -0.912. The summed E-state index contributed by atoms with van der Waals surface area (Å²) in [5.74, 6) is -0.239. The molecule has 0 aromatic carbocycles. The van der Waals surface area contributed by atoms with Crippen molar-refractivity contribution in [2.24, 2.45) is 0 Å². The van der Waals surface area contributed by atoms with E-state index in [1.807, 2.05) is 6.92 Å². The normalized spacial score (nSPS) is 20.2. The molecule has 18 heavy (non-hydrogen) atoms. The molecule has 0 aromatic heterocycles. The maximum absolute atomic E-state index is 11.9. The Balaban J connectivity index is 2.46. The number of hydrogen-bond donors (Lipinski definition) is 1. The number of quaternary nitrogens is 1. The van der Waals surface area contributed by atoms with E-state index >= 15 is 0 Å². The Labute approximate surface area is 106 Å². The Bertz CT molecular complexity index is 362. The van der Waals surface area contributed by atoms with Crippen LogP contribution < -0.4 is 4.72 Å². The molecule has 1 rings (SSSR count). The van der Waals surface area contributed by atoms with Gasteiger partial charge in [0.2, 0.25) is 10.0 Å². The molecule has 0 aromatic rings. The van der Waals surface area contributed by atoms with Crippen LogP contribution in [0.25, 0.3) is 0 Å². The molecule has 0 unspecified atom stereocenters. The van der Waals surface area contributed by atoms with Gasteiger partial charge in [-0.2, -0.15) is 13.2 Å². The van der Waals surface area contributed by atoms with Crippen molar-refractivity contribution in [1.29, 1.82) is 0 Å². The van der Waals surface area contributed by atoms with Gasteiger partial charge in [0.15, 0.2) is 0 Å². The fraction of sp³-hybridized carbons (Fsp3) is 1.00. The number of nitrogens with one attached hydrogen (secondary N) is 1. The molecule has 0 saturated carbocycles. The van der Waals surface area contributed by atoms with Crippen molar-refractivity contribution in [2.45, 2.75) is 25.9 Å². The molecule has 0 spiro atoms. The zero-order chi connectivity index (χ0) is 13.9. The van der Waals surface area contributed by atoms with Crippen LogP contribution in [-0.2, 0) is 10.0 Å². The van der Waals surface area contributed by atoms with E-state index < -0.39 is 22.7 Å². The van der Waals surface area contributed by atoms with Gasteiger partial charge in [0.05, 0.1) is 26.2 Å². The van der Waals surface area contributed by atoms with E-state index in [0.29, 0.717) is 11.0 Å². The van der Waals surface area contributed by atoms with Crippen LogP contribution in [-0.4, -0.2) is 57.6 Å². The molecule has 0 bridgehead atoms. The van der Waals surface area contributed by atoms with Crippen molar-refractivity contribution < 1.29 is 26.1 Å². The molecule has 1 aliphatic rings. The third kappa shape index (κ3) is 5.11. The maximum atomic E-state index is 11.9. The number of likely N-dealkylation sites (tertiary alicyclic amines) is 1. The smallest absolute Gasteiger partial charge is 0.323 e. The summed E-state index contributed by atoms with van der Waals surface area (Å²) in [5, 5.41) is 0. The lowest BCUT2D eigenvalue weighted by atomic mass is 10.4. The Morgan fingerprint density at radius 2 is 1.78 bits per heavy atom. The van der Waals surface area contributed by atoms with Gasteiger partial charge in [0, 0.05) is 12.8 Å². The van der Waals surface area contributed by atoms with Crippen molar-refractivity contribution in [3.63, 3.8) is 0 Å². The average molecular weight is 289 g/mol. The number of sulfonamides is 1. The lowest BCUT2D eigenvalue weighted by Gasteiger charge is -2.32. The highest BCUT2D eigenvalue weighted by atomic mass is 32.2. The first kappa shape index (κ1) is 15.7. The first-order valence-electron chi connectivity index (χ1n) is 6.07. The minimum Gasteiger partial charge on any atom is -0.323 e. The van der Waals surface area contributed by atoms with E-state index in [0.717, 1.165) is 32.5 Å². The van der Waals surface area contributed by atoms with Gasteiger partial charge in [-0.25, -0.2) is 13.1 Å². The van der Waals surface area contributed by atoms with E-state index in [-0.39, 0.29) is 5.75 Å². The Kier molecular flexibility index (Phi) is 5.02. The Hall–Kier alpha value is -0.340. The largest absolute Gasteiger partial charge is 0.402 e. The van der Waals surface area contributed by atoms with Crippen LogP contribution in [0.15, 0.2) is 0 Å². The van der Waals surface area contributed by atoms with Gasteiger partial charge in [-0.1, -0.05) is 0 Å². The van der Waals surface area contributed by atoms with Crippen LogP contribution in [0.5, 0.6) is 0 Å². The summed E-state index contributed by atoms with van der Waals surface area (Å²) in [5.41, 5.74) is 0. The highest BCUT2D eigenvalue weighted by Gasteiger charge is 2.33. The lowest BCUT2D eigenvalue weighted by Crippen LogP contribution is -2.49. The summed E-state index contributed by atoms with van der Waals surface area (Å²) in [7, 11) is -3.84. The molecule has 1 fully saturated rings. The van der Waals surface area contributed by atoms with Crippen molar-refractivity contribution >= 4 is 10.0 Å². The maximum Gasteiger partial charge on any atom is 0.402 e. The van der Waals surface area contributed by atoms with Crippen LogP contribution in [0.2, 0.25) is 0 Å². The molecule has 1 saturated heterocycles. The molecule has 0 atom stereocenters. The first-order valence-corrected chi connectivity index (χ1v) is 7.72. The van der Waals surface area contributed by atoms with Crippen LogP contribution in [0.3, 0.4) is 0 Å². The molecule has 1 N–H and O–H groups in total. The summed E-state index contributed by atoms with van der Waals surface area (Å²) in [6.45, 7) is 3.57. The van der Waals surface area contributed by atoms with Crippen LogP contribution in [0.4, 0.5) is 13.2 Å². The third-order valence-corrected chi connectivity index (χ3v) is 4.82. The zero-order valence-electron chi connectivity index (χ0n) is 10.5. The van der Waals surface area contributed by atoms with Gasteiger partial charge in [0.1, 0.15) is 12.3 Å². The predicted molar refractivity (Wildman–Crippen MR) is 62.5 cm³/mol. The molecule has 0 radical (unpaired) electrons. The SMILES string of the molecule is CC[N+]1(CCS(=O)(=O)NCC(F)(F)F)CCCC1. The number of alkyl halides is 3. The quantitative estimate of drug-likeness (QED) is 0.744. The van der Waals surface area contributed by atoms with E-state index in [9.17, 15) is 21.6 Å². The molecule has 1 aliphatic heterocycles. The summed E-state index contributed by atoms with van der Waals surface area (Å²) >= 11 is 0. The molecule has 4 nitrogen and oxygen atoms in total. The standard InChI is InChI=1S/C10H20F3N2O2S/c1-2-15(5-3-4-6-15)7-8-18(16,17)14-9-10(11,12)13/h14H,2-9H2,1H3/q+1. The molecule has 108 valence electrons. The van der Waals surface area contributed by atoms with Crippen molar-refractivity contribution in [1.82, 2.24) is 4.72 Å². The van der Waals surface area contributed by atoms with E-state index in [1.165, 1.54) is 0 Å². The van der Waals surface area contributed by atoms with E-state index in [2.05, 4.69) is 0 Å². The highest BCUT2D eigenvalue weighted by Crippen LogP contribution is 2.19. The molecule has 8 heteroatoms. The van der Waals surface area contributed by atoms with Crippen molar-refractivity contribution in [3.8, 4) is 0 Å². The first-order chi connectivity index (χ1) is 8.18. The van der Waals surface area contributed by atoms with Crippen LogP contribution in [0.1, 0.15) is 19.8 Å². The fourth-order valence-corrected chi connectivity index (χ4v) is 3.44. The van der Waals surface area contributed by atoms with Crippen molar-refractivity contribution in [2.75, 3.05) is 38.5 Å². The second kappa shape index (κ2) is 5.75. The molecule has 0 amide bonds. The topological polar surface area (TPSA) is 46.2 Å². The van der Waals surface area contributed by atoms with E-state index in [4.69, 9.17) is 0 Å². The number of nitrogens with zero attached hydrogens (tertiary/aromatic N) is 1. The number of hydrogen-bond acceptors (Lipinski definition) is 2. The minimum absolute atomic E-state index is 0.239. The molecule has 1 heterocycles. The molecular formula is C10H20F3N2O2S+. The predicted octanol–water partition coefficient (Wildman–Crippen LogP) is 1.10. The van der Waals surface area contributed by atoms with Crippen molar-refractivity contribution in [3.05, 3.63) is 0 Å². The van der Waals surface area contributed by atoms with Gasteiger partial charge in [-0.3, -0.25) is 0 Å². The fourth-order valence-electron chi connectivity index (χ4n) is 2.28. The zero-order valence-corrected chi connectivity index (χ0v) is 11.3. The Morgan fingerprint density at radius 1 is 1.22 bits per heavy atom. The van der Waals surface area contributed by atoms with Gasteiger partial charge in [-0.15, -0.1) is 0 Å². The highest BCUT2D eigenvalue weighted by molar-refractivity contribution is 7.89. The van der Waals surface area contributed by atoms with Gasteiger partial charge in [0.25, 0.3) is 0 Å². The third-order valence-electron chi connectivity index (χ3n) is 3.51. The number of halogens is 3. The summed E-state index contributed by atoms with van der Waals surface area (Å²) in [6.07, 6.45) is -2.38. The second-order valence-electron chi connectivity index (χ2n) is 4.79. The average Bonchev–Trinajstić information content (AvgIpc) is 2.73. The molecular weight excluding hydrogens is 269 g/mol. The number of rotatable bonds is 6. The summed E-state index contributed by atoms with van der Waals surface area (Å²) < 4.78 is 61.1. The van der Waals surface area contributed by atoms with Gasteiger partial charge in [-0.05, 0) is 6.92 Å². The monoisotopic (exact) mass is 289 g/mol. The van der Waals surface area contributed by atoms with Gasteiger partial charge >= 0.3 is 6.18 Å².